The largest absolute Gasteiger partial charge is 0.382 e. The summed E-state index contributed by atoms with van der Waals surface area (Å²) in [6.07, 6.45) is 4.47. The Morgan fingerprint density at radius 3 is 2.92 bits per heavy atom. The second kappa shape index (κ2) is 2.99. The van der Waals surface area contributed by atoms with E-state index in [1.165, 1.54) is 0 Å². The Kier molecular flexibility index (Phi) is 1.95. The molecule has 0 atom stereocenters. The number of hydrogen-bond donors (Lipinski definition) is 1. The number of nitrogens with two attached hydrogens (primary N) is 1. The van der Waals surface area contributed by atoms with E-state index in [9.17, 15) is 0 Å². The molecule has 2 heterocycles. The number of imidazole rings is 1. The van der Waals surface area contributed by atoms with Crippen molar-refractivity contribution in [3.63, 3.8) is 0 Å². The molecule has 2 aromatic heterocycles. The van der Waals surface area contributed by atoms with Crippen molar-refractivity contribution in [1.29, 1.82) is 0 Å². The second-order valence-electron chi connectivity index (χ2n) is 2.76. The van der Waals surface area contributed by atoms with E-state index in [1.54, 1.807) is 6.20 Å². The highest BCUT2D eigenvalue weighted by molar-refractivity contribution is 9.10. The van der Waals surface area contributed by atoms with E-state index in [-0.39, 0.29) is 0 Å². The van der Waals surface area contributed by atoms with Gasteiger partial charge in [0.2, 0.25) is 0 Å². The first-order valence-electron chi connectivity index (χ1n) is 4.00. The molecule has 2 aromatic rings. The van der Waals surface area contributed by atoms with Crippen LogP contribution >= 0.6 is 15.9 Å². The van der Waals surface area contributed by atoms with E-state index in [4.69, 9.17) is 5.73 Å². The predicted molar refractivity (Wildman–Crippen MR) is 54.5 cm³/mol. The summed E-state index contributed by atoms with van der Waals surface area (Å²) in [4.78, 5) is 8.49. The van der Waals surface area contributed by atoms with Crippen LogP contribution in [-0.2, 0) is 6.42 Å². The fraction of sp³-hybridized carbons (Fsp3) is 0.250. The lowest BCUT2D eigenvalue weighted by Gasteiger charge is -1.99. The fourth-order valence-corrected chi connectivity index (χ4v) is 1.72. The number of halogens is 1. The topological polar surface area (TPSA) is 56.2 Å². The van der Waals surface area contributed by atoms with Crippen LogP contribution in [0.25, 0.3) is 5.65 Å². The molecule has 0 spiro atoms. The molecule has 4 nitrogen and oxygen atoms in total. The molecule has 0 saturated carbocycles. The van der Waals surface area contributed by atoms with Gasteiger partial charge in [0, 0.05) is 6.20 Å². The summed E-state index contributed by atoms with van der Waals surface area (Å²) < 4.78 is 2.68. The molecule has 2 rings (SSSR count). The van der Waals surface area contributed by atoms with Gasteiger partial charge in [-0.3, -0.25) is 0 Å². The molecule has 0 aromatic carbocycles. The van der Waals surface area contributed by atoms with Crippen LogP contribution in [0.2, 0.25) is 0 Å². The van der Waals surface area contributed by atoms with Crippen molar-refractivity contribution >= 4 is 27.4 Å². The number of aryl methyl sites for hydroxylation is 1. The molecule has 0 radical (unpaired) electrons. The van der Waals surface area contributed by atoms with E-state index in [1.807, 2.05) is 17.5 Å². The van der Waals surface area contributed by atoms with Crippen molar-refractivity contribution in [3.05, 3.63) is 22.7 Å². The number of nitrogens with zero attached hydrogens (tertiary/aromatic N) is 3. The third-order valence-electron chi connectivity index (χ3n) is 1.83. The highest BCUT2D eigenvalue weighted by Gasteiger charge is 2.05. The summed E-state index contributed by atoms with van der Waals surface area (Å²) in [5.74, 6) is 0.523. The zero-order chi connectivity index (χ0) is 9.42. The quantitative estimate of drug-likeness (QED) is 0.825. The number of nitrogen functional groups attached to an aromatic ring is 1. The van der Waals surface area contributed by atoms with E-state index < -0.39 is 0 Å². The van der Waals surface area contributed by atoms with Gasteiger partial charge in [0.15, 0.2) is 5.65 Å². The van der Waals surface area contributed by atoms with Gasteiger partial charge >= 0.3 is 0 Å². The number of fused-ring (bicyclic) bond motifs is 1. The smallest absolute Gasteiger partial charge is 0.161 e. The van der Waals surface area contributed by atoms with E-state index in [0.717, 1.165) is 22.4 Å². The van der Waals surface area contributed by atoms with Crippen molar-refractivity contribution < 1.29 is 0 Å². The molecular weight excluding hydrogens is 232 g/mol. The van der Waals surface area contributed by atoms with Crippen LogP contribution in [0, 0.1) is 0 Å². The molecule has 0 aliphatic carbocycles. The first-order chi connectivity index (χ1) is 6.20. The summed E-state index contributed by atoms with van der Waals surface area (Å²) in [7, 11) is 0. The van der Waals surface area contributed by atoms with Gasteiger partial charge < -0.3 is 10.1 Å². The SMILES string of the molecule is CCc1nc(Br)cn2cc(N)nc12. The molecule has 0 aliphatic heterocycles. The maximum Gasteiger partial charge on any atom is 0.161 e. The Hall–Kier alpha value is -1.10. The first-order valence-corrected chi connectivity index (χ1v) is 4.79. The van der Waals surface area contributed by atoms with E-state index in [2.05, 4.69) is 25.9 Å². The van der Waals surface area contributed by atoms with Gasteiger partial charge in [0.1, 0.15) is 10.4 Å². The van der Waals surface area contributed by atoms with Gasteiger partial charge in [-0.1, -0.05) is 6.92 Å². The van der Waals surface area contributed by atoms with Crippen LogP contribution in [-0.4, -0.2) is 14.4 Å². The molecule has 0 saturated heterocycles. The van der Waals surface area contributed by atoms with Crippen molar-refractivity contribution in [1.82, 2.24) is 14.4 Å². The summed E-state index contributed by atoms with van der Waals surface area (Å²) in [6, 6.07) is 0. The van der Waals surface area contributed by atoms with Gasteiger partial charge in [-0.2, -0.15) is 0 Å². The summed E-state index contributed by atoms with van der Waals surface area (Å²) in [6.45, 7) is 2.04. The van der Waals surface area contributed by atoms with Gasteiger partial charge in [0.05, 0.1) is 11.9 Å². The van der Waals surface area contributed by atoms with Crippen molar-refractivity contribution in [2.24, 2.45) is 0 Å². The zero-order valence-electron chi connectivity index (χ0n) is 7.16. The minimum atomic E-state index is 0.523. The lowest BCUT2D eigenvalue weighted by Crippen LogP contribution is -1.95. The molecule has 0 bridgehead atoms. The molecule has 0 amide bonds. The average molecular weight is 241 g/mol. The highest BCUT2D eigenvalue weighted by atomic mass is 79.9. The van der Waals surface area contributed by atoms with E-state index >= 15 is 0 Å². The zero-order valence-corrected chi connectivity index (χ0v) is 8.74. The molecule has 2 N–H and O–H groups in total. The minimum Gasteiger partial charge on any atom is -0.382 e. The Morgan fingerprint density at radius 1 is 1.46 bits per heavy atom. The first kappa shape index (κ1) is 8.50. The van der Waals surface area contributed by atoms with Crippen molar-refractivity contribution in [3.8, 4) is 0 Å². The lowest BCUT2D eigenvalue weighted by atomic mass is 10.3. The van der Waals surface area contributed by atoms with Gasteiger partial charge in [-0.15, -0.1) is 0 Å². The normalized spacial score (nSPS) is 10.9. The molecule has 0 fully saturated rings. The number of hydrogen-bond acceptors (Lipinski definition) is 3. The molecule has 0 aliphatic rings. The Bertz CT molecular complexity index is 449. The summed E-state index contributed by atoms with van der Waals surface area (Å²) in [5, 5.41) is 0. The average Bonchev–Trinajstić information content (AvgIpc) is 2.43. The summed E-state index contributed by atoms with van der Waals surface area (Å²) in [5.41, 5.74) is 7.38. The number of rotatable bonds is 1. The molecule has 13 heavy (non-hydrogen) atoms. The van der Waals surface area contributed by atoms with Crippen LogP contribution in [0.3, 0.4) is 0 Å². The van der Waals surface area contributed by atoms with Crippen LogP contribution in [0.1, 0.15) is 12.6 Å². The van der Waals surface area contributed by atoms with Crippen LogP contribution in [0.15, 0.2) is 17.0 Å². The predicted octanol–water partition coefficient (Wildman–Crippen LogP) is 1.64. The van der Waals surface area contributed by atoms with E-state index in [0.29, 0.717) is 5.82 Å². The fourth-order valence-electron chi connectivity index (χ4n) is 1.28. The number of aromatic nitrogens is 3. The Morgan fingerprint density at radius 2 is 2.23 bits per heavy atom. The maximum absolute atomic E-state index is 5.59. The van der Waals surface area contributed by atoms with Crippen LogP contribution in [0.4, 0.5) is 5.82 Å². The molecule has 68 valence electrons. The third-order valence-corrected chi connectivity index (χ3v) is 2.21. The third kappa shape index (κ3) is 1.39. The van der Waals surface area contributed by atoms with Gasteiger partial charge in [0.25, 0.3) is 0 Å². The van der Waals surface area contributed by atoms with Crippen LogP contribution < -0.4 is 5.73 Å². The minimum absolute atomic E-state index is 0.523. The van der Waals surface area contributed by atoms with Gasteiger partial charge in [-0.25, -0.2) is 9.97 Å². The lowest BCUT2D eigenvalue weighted by molar-refractivity contribution is 0.977. The second-order valence-corrected chi connectivity index (χ2v) is 3.57. The van der Waals surface area contributed by atoms with Crippen LogP contribution in [0.5, 0.6) is 0 Å². The summed E-state index contributed by atoms with van der Waals surface area (Å²) >= 11 is 3.33. The Labute approximate surface area is 83.9 Å². The van der Waals surface area contributed by atoms with Crippen molar-refractivity contribution in [2.45, 2.75) is 13.3 Å². The standard InChI is InChI=1S/C8H9BrN4/c1-2-5-8-12-7(10)4-13(8)3-6(9)11-5/h3-4H,2,10H2,1H3. The van der Waals surface area contributed by atoms with Crippen molar-refractivity contribution in [2.75, 3.05) is 5.73 Å². The monoisotopic (exact) mass is 240 g/mol. The molecule has 0 unspecified atom stereocenters. The molecule has 5 heteroatoms. The van der Waals surface area contributed by atoms with Gasteiger partial charge in [-0.05, 0) is 22.4 Å². The Balaban J connectivity index is 2.80. The highest BCUT2D eigenvalue weighted by Crippen LogP contribution is 2.15. The molecular formula is C8H9BrN4. The number of anilines is 1. The maximum atomic E-state index is 5.59.